The van der Waals surface area contributed by atoms with Crippen molar-refractivity contribution in [3.8, 4) is 5.75 Å². The molecule has 152 valence electrons. The highest BCUT2D eigenvalue weighted by Crippen LogP contribution is 2.25. The van der Waals surface area contributed by atoms with E-state index in [1.807, 2.05) is 0 Å². The van der Waals surface area contributed by atoms with Crippen molar-refractivity contribution in [2.75, 3.05) is 20.8 Å². The monoisotopic (exact) mass is 385 g/mol. The first-order chi connectivity index (χ1) is 12.5. The molecule has 1 heterocycles. The summed E-state index contributed by atoms with van der Waals surface area (Å²) >= 11 is 0. The number of hydrogen-bond donors (Lipinski definition) is 3. The molecule has 0 aliphatic carbocycles. The van der Waals surface area contributed by atoms with E-state index >= 15 is 0 Å². The third kappa shape index (κ3) is 6.24. The number of aromatic amines is 1. The van der Waals surface area contributed by atoms with Gasteiger partial charge in [-0.25, -0.2) is 14.6 Å². The predicted octanol–water partition coefficient (Wildman–Crippen LogP) is 1.33. The lowest BCUT2D eigenvalue weighted by Gasteiger charge is -2.30. The van der Waals surface area contributed by atoms with Crippen molar-refractivity contribution in [2.24, 2.45) is 0 Å². The number of carbonyl (C=O) groups is 2. The van der Waals surface area contributed by atoms with E-state index in [0.29, 0.717) is 19.3 Å². The van der Waals surface area contributed by atoms with Crippen molar-refractivity contribution in [3.63, 3.8) is 0 Å². The van der Waals surface area contributed by atoms with Gasteiger partial charge in [-0.15, -0.1) is 0 Å². The van der Waals surface area contributed by atoms with Crippen molar-refractivity contribution in [3.05, 3.63) is 21.9 Å². The molecule has 0 saturated carbocycles. The first-order valence-electron chi connectivity index (χ1n) is 8.50. The summed E-state index contributed by atoms with van der Waals surface area (Å²) in [5.74, 6) is -1.84. The van der Waals surface area contributed by atoms with Crippen LogP contribution in [0.1, 0.15) is 62.4 Å². The van der Waals surface area contributed by atoms with Gasteiger partial charge in [0.25, 0.3) is 5.56 Å². The van der Waals surface area contributed by atoms with Gasteiger partial charge in [-0.05, 0) is 40.0 Å². The molecule has 0 radical (unpaired) electrons. The van der Waals surface area contributed by atoms with Crippen LogP contribution in [-0.4, -0.2) is 63.5 Å². The Morgan fingerprint density at radius 2 is 1.93 bits per heavy atom. The zero-order valence-electron chi connectivity index (χ0n) is 16.2. The lowest BCUT2D eigenvalue weighted by molar-refractivity contribution is 0.0200. The number of ether oxygens (including phenoxy) is 2. The van der Waals surface area contributed by atoms with Crippen LogP contribution in [-0.2, 0) is 9.47 Å². The second-order valence-electron chi connectivity index (χ2n) is 6.97. The lowest BCUT2D eigenvalue weighted by atomic mass is 10.1. The van der Waals surface area contributed by atoms with Gasteiger partial charge in [-0.1, -0.05) is 0 Å². The van der Waals surface area contributed by atoms with Crippen LogP contribution in [0.5, 0.6) is 5.75 Å². The number of carbonyl (C=O) groups excluding carboxylic acids is 2. The van der Waals surface area contributed by atoms with E-state index < -0.39 is 40.7 Å². The minimum absolute atomic E-state index is 0.00417. The van der Waals surface area contributed by atoms with Gasteiger partial charge in [0.05, 0.1) is 13.2 Å². The summed E-state index contributed by atoms with van der Waals surface area (Å²) in [6.45, 7) is 5.12. The number of hydrogen-bond acceptors (Lipinski definition) is 8. The number of aromatic hydroxyl groups is 1. The third-order valence-electron chi connectivity index (χ3n) is 3.64. The van der Waals surface area contributed by atoms with Gasteiger partial charge in [0.15, 0.2) is 5.69 Å². The van der Waals surface area contributed by atoms with Gasteiger partial charge >= 0.3 is 12.1 Å². The summed E-state index contributed by atoms with van der Waals surface area (Å²) in [7, 11) is 2.57. The molecule has 3 N–H and O–H groups in total. The average Bonchev–Trinajstić information content (AvgIpc) is 2.58. The molecule has 10 nitrogen and oxygen atoms in total. The Balaban J connectivity index is 3.31. The maximum Gasteiger partial charge on any atom is 0.410 e. The van der Waals surface area contributed by atoms with Crippen molar-refractivity contribution < 1.29 is 29.3 Å². The van der Waals surface area contributed by atoms with E-state index in [-0.39, 0.29) is 12.4 Å². The van der Waals surface area contributed by atoms with Crippen molar-refractivity contribution in [1.82, 2.24) is 14.9 Å². The number of nitrogens with one attached hydrogen (secondary N) is 1. The standard InChI is InChI=1S/C17H27N3O7/c1-17(2,3)27-16(25)20(4)10(8-6-7-9-21)13-18-11(15(24)26-5)12(22)14(23)19-13/h10,21-22H,6-9H2,1-5H3,(H,18,19,23)/t10-/m0/s1. The predicted molar refractivity (Wildman–Crippen MR) is 95.5 cm³/mol. The largest absolute Gasteiger partial charge is 0.501 e. The Bertz CT molecular complexity index is 724. The highest BCUT2D eigenvalue weighted by molar-refractivity contribution is 5.89. The molecule has 0 fully saturated rings. The number of H-pyrrole nitrogens is 1. The molecule has 0 saturated heterocycles. The van der Waals surface area contributed by atoms with E-state index in [9.17, 15) is 19.5 Å². The van der Waals surface area contributed by atoms with E-state index in [2.05, 4.69) is 14.7 Å². The average molecular weight is 385 g/mol. The lowest BCUT2D eigenvalue weighted by Crippen LogP contribution is -2.38. The minimum atomic E-state index is -0.978. The molecule has 1 aromatic heterocycles. The Kier molecular flexibility index (Phi) is 7.77. The van der Waals surface area contributed by atoms with E-state index in [1.165, 1.54) is 11.9 Å². The van der Waals surface area contributed by atoms with Crippen LogP contribution in [0.2, 0.25) is 0 Å². The smallest absolute Gasteiger partial charge is 0.410 e. The highest BCUT2D eigenvalue weighted by atomic mass is 16.6. The molecular weight excluding hydrogens is 358 g/mol. The van der Waals surface area contributed by atoms with Gasteiger partial charge in [-0.3, -0.25) is 4.79 Å². The molecule has 1 aromatic rings. The fourth-order valence-corrected chi connectivity index (χ4v) is 2.31. The van der Waals surface area contributed by atoms with Crippen LogP contribution in [0.4, 0.5) is 4.79 Å². The summed E-state index contributed by atoms with van der Waals surface area (Å²) in [6.07, 6.45) is 0.689. The Labute approximate surface area is 157 Å². The Morgan fingerprint density at radius 1 is 1.30 bits per heavy atom. The molecule has 0 spiro atoms. The number of methoxy groups -OCH3 is 1. The number of rotatable bonds is 7. The molecular formula is C17H27N3O7. The number of aromatic nitrogens is 2. The third-order valence-corrected chi connectivity index (χ3v) is 3.64. The Morgan fingerprint density at radius 3 is 2.44 bits per heavy atom. The van der Waals surface area contributed by atoms with Gasteiger partial charge in [0, 0.05) is 13.7 Å². The van der Waals surface area contributed by atoms with Crippen LogP contribution in [0.25, 0.3) is 0 Å². The first-order valence-corrected chi connectivity index (χ1v) is 8.50. The molecule has 27 heavy (non-hydrogen) atoms. The van der Waals surface area contributed by atoms with Crippen LogP contribution < -0.4 is 5.56 Å². The number of aliphatic hydroxyl groups excluding tert-OH is 1. The van der Waals surface area contributed by atoms with E-state index in [0.717, 1.165) is 7.11 Å². The summed E-state index contributed by atoms with van der Waals surface area (Å²) in [4.78, 5) is 43.8. The van der Waals surface area contributed by atoms with Crippen LogP contribution >= 0.6 is 0 Å². The number of amides is 1. The second kappa shape index (κ2) is 9.36. The molecule has 0 aliphatic rings. The molecule has 1 rings (SSSR count). The number of nitrogens with zero attached hydrogens (tertiary/aromatic N) is 2. The maximum absolute atomic E-state index is 12.4. The SMILES string of the molecule is COC(=O)c1nc([C@H](CCCCO)N(C)C(=O)OC(C)(C)C)[nH]c(=O)c1O. The summed E-state index contributed by atoms with van der Waals surface area (Å²) < 4.78 is 9.86. The number of aliphatic hydroxyl groups is 1. The molecule has 10 heteroatoms. The Hall–Kier alpha value is -2.62. The zero-order valence-corrected chi connectivity index (χ0v) is 16.2. The molecule has 0 aromatic carbocycles. The molecule has 0 aliphatic heterocycles. The van der Waals surface area contributed by atoms with Crippen LogP contribution in [0.3, 0.4) is 0 Å². The van der Waals surface area contributed by atoms with Gasteiger partial charge in [0.1, 0.15) is 11.4 Å². The van der Waals surface area contributed by atoms with E-state index in [1.54, 1.807) is 20.8 Å². The number of esters is 1. The molecule has 1 atom stereocenters. The summed E-state index contributed by atoms with van der Waals surface area (Å²) in [5.41, 5.74) is -2.19. The fraction of sp³-hybridized carbons (Fsp3) is 0.647. The van der Waals surface area contributed by atoms with Crippen molar-refractivity contribution in [2.45, 2.75) is 51.7 Å². The highest BCUT2D eigenvalue weighted by Gasteiger charge is 2.30. The number of unbranched alkanes of at least 4 members (excludes halogenated alkanes) is 1. The fourth-order valence-electron chi connectivity index (χ4n) is 2.31. The first kappa shape index (κ1) is 22.4. The summed E-state index contributed by atoms with van der Waals surface area (Å²) in [5, 5.41) is 18.8. The van der Waals surface area contributed by atoms with Crippen molar-refractivity contribution in [1.29, 1.82) is 0 Å². The quantitative estimate of drug-likeness (QED) is 0.471. The minimum Gasteiger partial charge on any atom is -0.501 e. The van der Waals surface area contributed by atoms with Crippen molar-refractivity contribution >= 4 is 12.1 Å². The molecule has 1 amide bonds. The topological polar surface area (TPSA) is 142 Å². The normalized spacial score (nSPS) is 12.4. The van der Waals surface area contributed by atoms with Crippen LogP contribution in [0.15, 0.2) is 4.79 Å². The maximum atomic E-state index is 12.4. The van der Waals surface area contributed by atoms with Crippen LogP contribution in [0, 0.1) is 0 Å². The molecule has 0 bridgehead atoms. The van der Waals surface area contributed by atoms with Gasteiger partial charge in [0.2, 0.25) is 5.75 Å². The second-order valence-corrected chi connectivity index (χ2v) is 6.97. The van der Waals surface area contributed by atoms with Gasteiger partial charge in [-0.2, -0.15) is 0 Å². The van der Waals surface area contributed by atoms with E-state index in [4.69, 9.17) is 9.84 Å². The molecule has 0 unspecified atom stereocenters. The van der Waals surface area contributed by atoms with Gasteiger partial charge < -0.3 is 29.6 Å². The summed E-state index contributed by atoms with van der Waals surface area (Å²) in [6, 6.07) is -0.747. The zero-order chi connectivity index (χ0) is 20.8.